The first-order chi connectivity index (χ1) is 7.65. The molecule has 0 aromatic heterocycles. The topological polar surface area (TPSA) is 17.1 Å². The molecule has 2 rings (SSSR count). The Balaban J connectivity index is 2.11. The summed E-state index contributed by atoms with van der Waals surface area (Å²) in [6.45, 7) is 0. The van der Waals surface area contributed by atoms with Crippen molar-refractivity contribution in [3.05, 3.63) is 45.7 Å². The van der Waals surface area contributed by atoms with Gasteiger partial charge in [-0.1, -0.05) is 22.0 Å². The summed E-state index contributed by atoms with van der Waals surface area (Å²) in [5.74, 6) is -0.187. The van der Waals surface area contributed by atoms with E-state index in [1.165, 1.54) is 12.1 Å². The van der Waals surface area contributed by atoms with Crippen LogP contribution in [0.15, 0.2) is 34.3 Å². The average molecular weight is 283 g/mol. The third-order valence-corrected chi connectivity index (χ3v) is 3.14. The van der Waals surface area contributed by atoms with E-state index in [1.807, 2.05) is 6.08 Å². The highest BCUT2D eigenvalue weighted by molar-refractivity contribution is 9.10. The van der Waals surface area contributed by atoms with Gasteiger partial charge in [0.1, 0.15) is 5.82 Å². The number of hydrogen-bond donors (Lipinski definition) is 0. The lowest BCUT2D eigenvalue weighted by Crippen LogP contribution is -2.05. The molecule has 0 saturated heterocycles. The molecular weight excluding hydrogens is 271 g/mol. The van der Waals surface area contributed by atoms with E-state index in [4.69, 9.17) is 0 Å². The third-order valence-electron chi connectivity index (χ3n) is 2.69. The molecule has 0 saturated carbocycles. The van der Waals surface area contributed by atoms with E-state index in [0.29, 0.717) is 10.9 Å². The van der Waals surface area contributed by atoms with Gasteiger partial charge < -0.3 is 0 Å². The lowest BCUT2D eigenvalue weighted by Gasteiger charge is -2.03. The van der Waals surface area contributed by atoms with Crippen LogP contribution in [0, 0.1) is 5.82 Å². The number of rotatable bonds is 3. The van der Waals surface area contributed by atoms with Crippen LogP contribution in [0.4, 0.5) is 4.39 Å². The normalized spacial score (nSPS) is 15.0. The fourth-order valence-corrected chi connectivity index (χ4v) is 2.45. The standard InChI is InChI=1S/C13H12BrFO/c14-11-5-9(6-12(15)8-11)7-13(16)10-3-1-2-4-10/h3,5-6,8H,1-2,4,7H2. The van der Waals surface area contributed by atoms with Crippen LogP contribution in [0.25, 0.3) is 0 Å². The summed E-state index contributed by atoms with van der Waals surface area (Å²) in [5.41, 5.74) is 1.63. The van der Waals surface area contributed by atoms with Crippen molar-refractivity contribution in [1.29, 1.82) is 0 Å². The summed E-state index contributed by atoms with van der Waals surface area (Å²) in [5, 5.41) is 0. The van der Waals surface area contributed by atoms with Gasteiger partial charge in [-0.05, 0) is 48.6 Å². The molecule has 1 nitrogen and oxygen atoms in total. The van der Waals surface area contributed by atoms with E-state index < -0.39 is 0 Å². The lowest BCUT2D eigenvalue weighted by atomic mass is 10.0. The van der Waals surface area contributed by atoms with Gasteiger partial charge in [0.15, 0.2) is 5.78 Å². The number of benzene rings is 1. The predicted molar refractivity (Wildman–Crippen MR) is 64.7 cm³/mol. The highest BCUT2D eigenvalue weighted by Gasteiger charge is 2.14. The molecule has 16 heavy (non-hydrogen) atoms. The fraction of sp³-hybridized carbons (Fsp3) is 0.308. The molecule has 1 aliphatic rings. The van der Waals surface area contributed by atoms with Crippen LogP contribution < -0.4 is 0 Å². The van der Waals surface area contributed by atoms with E-state index in [2.05, 4.69) is 15.9 Å². The minimum Gasteiger partial charge on any atom is -0.294 e. The Morgan fingerprint density at radius 1 is 1.38 bits per heavy atom. The van der Waals surface area contributed by atoms with Crippen LogP contribution in [-0.2, 0) is 11.2 Å². The minimum atomic E-state index is -0.308. The molecule has 1 aromatic rings. The second-order valence-electron chi connectivity index (χ2n) is 4.00. The second-order valence-corrected chi connectivity index (χ2v) is 4.91. The molecule has 0 aliphatic heterocycles. The zero-order valence-electron chi connectivity index (χ0n) is 8.80. The quantitative estimate of drug-likeness (QED) is 0.824. The van der Waals surface area contributed by atoms with Gasteiger partial charge in [0.05, 0.1) is 0 Å². The monoisotopic (exact) mass is 282 g/mol. The largest absolute Gasteiger partial charge is 0.294 e. The number of hydrogen-bond acceptors (Lipinski definition) is 1. The summed E-state index contributed by atoms with van der Waals surface area (Å²) < 4.78 is 13.8. The molecular formula is C13H12BrFO. The molecule has 84 valence electrons. The Kier molecular flexibility index (Phi) is 3.54. The maximum atomic E-state index is 13.1. The van der Waals surface area contributed by atoms with Crippen molar-refractivity contribution < 1.29 is 9.18 Å². The zero-order chi connectivity index (χ0) is 11.5. The number of carbonyl (C=O) groups excluding carboxylic acids is 1. The van der Waals surface area contributed by atoms with Crippen LogP contribution >= 0.6 is 15.9 Å². The van der Waals surface area contributed by atoms with E-state index in [-0.39, 0.29) is 11.6 Å². The molecule has 0 fully saturated rings. The van der Waals surface area contributed by atoms with Crippen molar-refractivity contribution >= 4 is 21.7 Å². The Hall–Kier alpha value is -0.960. The van der Waals surface area contributed by atoms with Gasteiger partial charge in [0.2, 0.25) is 0 Å². The molecule has 0 atom stereocenters. The number of halogens is 2. The summed E-state index contributed by atoms with van der Waals surface area (Å²) in [7, 11) is 0. The molecule has 3 heteroatoms. The van der Waals surface area contributed by atoms with E-state index in [9.17, 15) is 9.18 Å². The Bertz CT molecular complexity index is 431. The Morgan fingerprint density at radius 3 is 2.81 bits per heavy atom. The molecule has 0 heterocycles. The lowest BCUT2D eigenvalue weighted by molar-refractivity contribution is -0.115. The van der Waals surface area contributed by atoms with Crippen LogP contribution in [0.3, 0.4) is 0 Å². The van der Waals surface area contributed by atoms with Crippen LogP contribution in [-0.4, -0.2) is 5.78 Å². The van der Waals surface area contributed by atoms with Crippen molar-refractivity contribution in [3.63, 3.8) is 0 Å². The van der Waals surface area contributed by atoms with Gasteiger partial charge in [-0.25, -0.2) is 4.39 Å². The van der Waals surface area contributed by atoms with Crippen LogP contribution in [0.2, 0.25) is 0 Å². The Labute approximate surface area is 102 Å². The second kappa shape index (κ2) is 4.91. The van der Waals surface area contributed by atoms with Gasteiger partial charge in [-0.15, -0.1) is 0 Å². The summed E-state index contributed by atoms with van der Waals surface area (Å²) in [6, 6.07) is 4.59. The summed E-state index contributed by atoms with van der Waals surface area (Å²) in [4.78, 5) is 11.8. The highest BCUT2D eigenvalue weighted by atomic mass is 79.9. The average Bonchev–Trinajstić information content (AvgIpc) is 2.68. The van der Waals surface area contributed by atoms with Gasteiger partial charge in [-0.2, -0.15) is 0 Å². The van der Waals surface area contributed by atoms with Crippen molar-refractivity contribution in [2.24, 2.45) is 0 Å². The minimum absolute atomic E-state index is 0.120. The third kappa shape index (κ3) is 2.79. The maximum absolute atomic E-state index is 13.1. The zero-order valence-corrected chi connectivity index (χ0v) is 10.4. The van der Waals surface area contributed by atoms with Gasteiger partial charge in [0.25, 0.3) is 0 Å². The van der Waals surface area contributed by atoms with Gasteiger partial charge in [-0.3, -0.25) is 4.79 Å². The predicted octanol–water partition coefficient (Wildman–Crippen LogP) is 3.81. The van der Waals surface area contributed by atoms with Gasteiger partial charge >= 0.3 is 0 Å². The van der Waals surface area contributed by atoms with Crippen molar-refractivity contribution in [2.45, 2.75) is 25.7 Å². The molecule has 1 aliphatic carbocycles. The Morgan fingerprint density at radius 2 is 2.19 bits per heavy atom. The van der Waals surface area contributed by atoms with E-state index in [1.54, 1.807) is 6.07 Å². The molecule has 0 radical (unpaired) electrons. The number of Topliss-reactive ketones (excluding diaryl/α,β-unsaturated/α-hetero) is 1. The molecule has 0 spiro atoms. The molecule has 0 unspecified atom stereocenters. The summed E-state index contributed by atoms with van der Waals surface area (Å²) in [6.07, 6.45) is 5.22. The summed E-state index contributed by atoms with van der Waals surface area (Å²) >= 11 is 3.22. The first-order valence-electron chi connectivity index (χ1n) is 5.32. The van der Waals surface area contributed by atoms with E-state index >= 15 is 0 Å². The van der Waals surface area contributed by atoms with Gasteiger partial charge in [0, 0.05) is 10.9 Å². The van der Waals surface area contributed by atoms with Crippen molar-refractivity contribution in [1.82, 2.24) is 0 Å². The number of ketones is 1. The molecule has 1 aromatic carbocycles. The first-order valence-corrected chi connectivity index (χ1v) is 6.11. The van der Waals surface area contributed by atoms with Crippen molar-refractivity contribution in [2.75, 3.05) is 0 Å². The number of allylic oxidation sites excluding steroid dienone is 2. The van der Waals surface area contributed by atoms with Crippen molar-refractivity contribution in [3.8, 4) is 0 Å². The maximum Gasteiger partial charge on any atom is 0.162 e. The van der Waals surface area contributed by atoms with E-state index in [0.717, 1.165) is 30.4 Å². The van der Waals surface area contributed by atoms with Crippen LogP contribution in [0.5, 0.6) is 0 Å². The molecule has 0 bridgehead atoms. The smallest absolute Gasteiger partial charge is 0.162 e. The van der Waals surface area contributed by atoms with Crippen LogP contribution in [0.1, 0.15) is 24.8 Å². The molecule has 0 amide bonds. The SMILES string of the molecule is O=C(Cc1cc(F)cc(Br)c1)C1=CCCC1. The molecule has 0 N–H and O–H groups in total. The highest BCUT2D eigenvalue weighted by Crippen LogP contribution is 2.21. The number of carbonyl (C=O) groups is 1. The first kappa shape index (κ1) is 11.5. The fourth-order valence-electron chi connectivity index (χ4n) is 1.94.